The van der Waals surface area contributed by atoms with Gasteiger partial charge in [-0.05, 0) is 50.1 Å². The first-order valence-electron chi connectivity index (χ1n) is 5.80. The molecule has 1 nitrogen and oxygen atoms in total. The highest BCUT2D eigenvalue weighted by atomic mass is 79.9. The molecule has 1 saturated carbocycles. The van der Waals surface area contributed by atoms with Gasteiger partial charge >= 0.3 is 0 Å². The lowest BCUT2D eigenvalue weighted by Crippen LogP contribution is -2.29. The van der Waals surface area contributed by atoms with Crippen LogP contribution in [0.15, 0.2) is 33.6 Å². The Morgan fingerprint density at radius 1 is 1.25 bits per heavy atom. The molecule has 0 spiro atoms. The summed E-state index contributed by atoms with van der Waals surface area (Å²) in [5, 5.41) is 4.18. The van der Waals surface area contributed by atoms with Gasteiger partial charge in [0.25, 0.3) is 0 Å². The Balaban J connectivity index is 1.98. The molecule has 1 N–H and O–H groups in total. The van der Waals surface area contributed by atoms with Crippen molar-refractivity contribution in [2.45, 2.75) is 36.0 Å². The highest BCUT2D eigenvalue weighted by Gasteiger charge is 2.32. The van der Waals surface area contributed by atoms with E-state index in [0.29, 0.717) is 6.04 Å². The van der Waals surface area contributed by atoms with E-state index in [4.69, 9.17) is 0 Å². The van der Waals surface area contributed by atoms with Crippen LogP contribution in [0.25, 0.3) is 0 Å². The quantitative estimate of drug-likeness (QED) is 0.908. The molecule has 0 aromatic heterocycles. The molecule has 1 aromatic rings. The molecule has 2 rings (SSSR count). The minimum atomic E-state index is 0.702. The van der Waals surface area contributed by atoms with Gasteiger partial charge in [0.15, 0.2) is 0 Å². The molecule has 3 unspecified atom stereocenters. The van der Waals surface area contributed by atoms with Crippen LogP contribution < -0.4 is 5.32 Å². The summed E-state index contributed by atoms with van der Waals surface area (Å²) in [6.07, 6.45) is 2.64. The highest BCUT2D eigenvalue weighted by molar-refractivity contribution is 9.10. The van der Waals surface area contributed by atoms with Crippen molar-refractivity contribution in [3.63, 3.8) is 0 Å². The minimum absolute atomic E-state index is 0.702. The number of benzene rings is 1. The summed E-state index contributed by atoms with van der Waals surface area (Å²) in [6.45, 7) is 2.37. The van der Waals surface area contributed by atoms with Crippen molar-refractivity contribution in [3.05, 3.63) is 28.7 Å². The van der Waals surface area contributed by atoms with Crippen LogP contribution in [0, 0.1) is 5.92 Å². The van der Waals surface area contributed by atoms with Gasteiger partial charge in [-0.1, -0.05) is 22.9 Å². The molecule has 3 heteroatoms. The number of hydrogen-bond acceptors (Lipinski definition) is 2. The Hall–Kier alpha value is 0.01000. The third-order valence-electron chi connectivity index (χ3n) is 3.46. The second-order valence-corrected chi connectivity index (χ2v) is 6.67. The first-order valence-corrected chi connectivity index (χ1v) is 7.47. The van der Waals surface area contributed by atoms with Crippen LogP contribution in [-0.4, -0.2) is 18.3 Å². The predicted octanol–water partition coefficient (Wildman–Crippen LogP) is 3.93. The highest BCUT2D eigenvalue weighted by Crippen LogP contribution is 2.38. The summed E-state index contributed by atoms with van der Waals surface area (Å²) in [5.41, 5.74) is 0. The zero-order chi connectivity index (χ0) is 11.5. The van der Waals surface area contributed by atoms with Crippen molar-refractivity contribution in [3.8, 4) is 0 Å². The first-order chi connectivity index (χ1) is 7.70. The lowest BCUT2D eigenvalue weighted by Gasteiger charge is -2.19. The molecule has 16 heavy (non-hydrogen) atoms. The summed E-state index contributed by atoms with van der Waals surface area (Å²) in [7, 11) is 2.08. The zero-order valence-corrected chi connectivity index (χ0v) is 12.1. The number of rotatable bonds is 3. The molecule has 0 amide bonds. The Morgan fingerprint density at radius 2 is 1.94 bits per heavy atom. The summed E-state index contributed by atoms with van der Waals surface area (Å²) in [4.78, 5) is 1.39. The number of nitrogens with one attached hydrogen (secondary N) is 1. The van der Waals surface area contributed by atoms with Crippen LogP contribution in [0.1, 0.15) is 19.8 Å². The third kappa shape index (κ3) is 2.82. The third-order valence-corrected chi connectivity index (χ3v) is 5.50. The van der Waals surface area contributed by atoms with Crippen molar-refractivity contribution in [1.29, 1.82) is 0 Å². The lowest BCUT2D eigenvalue weighted by molar-refractivity contribution is 0.464. The maximum absolute atomic E-state index is 3.47. The Labute approximate surface area is 111 Å². The van der Waals surface area contributed by atoms with Gasteiger partial charge < -0.3 is 5.32 Å². The fourth-order valence-corrected chi connectivity index (χ4v) is 3.96. The number of thioether (sulfide) groups is 1. The van der Waals surface area contributed by atoms with E-state index in [1.165, 1.54) is 17.7 Å². The maximum atomic E-state index is 3.47. The first kappa shape index (κ1) is 12.5. The molecular formula is C13H18BrNS. The van der Waals surface area contributed by atoms with Crippen molar-refractivity contribution in [1.82, 2.24) is 5.32 Å². The molecule has 1 aliphatic carbocycles. The second-order valence-electron chi connectivity index (χ2n) is 4.44. The van der Waals surface area contributed by atoms with Crippen LogP contribution in [-0.2, 0) is 0 Å². The van der Waals surface area contributed by atoms with Gasteiger partial charge in [-0.25, -0.2) is 0 Å². The molecule has 0 bridgehead atoms. The van der Waals surface area contributed by atoms with E-state index in [-0.39, 0.29) is 0 Å². The molecule has 1 aliphatic rings. The fourth-order valence-electron chi connectivity index (χ4n) is 2.39. The Morgan fingerprint density at radius 3 is 2.50 bits per heavy atom. The van der Waals surface area contributed by atoms with Crippen LogP contribution in [0.3, 0.4) is 0 Å². The molecular weight excluding hydrogens is 282 g/mol. The topological polar surface area (TPSA) is 12.0 Å². The van der Waals surface area contributed by atoms with E-state index in [9.17, 15) is 0 Å². The number of halogens is 1. The van der Waals surface area contributed by atoms with E-state index >= 15 is 0 Å². The van der Waals surface area contributed by atoms with Crippen molar-refractivity contribution in [2.24, 2.45) is 5.92 Å². The van der Waals surface area contributed by atoms with Gasteiger partial charge in [0.05, 0.1) is 0 Å². The second kappa shape index (κ2) is 5.56. The normalized spacial score (nSPS) is 29.6. The molecule has 0 heterocycles. The van der Waals surface area contributed by atoms with Gasteiger partial charge in [0.1, 0.15) is 0 Å². The van der Waals surface area contributed by atoms with E-state index in [1.807, 2.05) is 11.8 Å². The zero-order valence-electron chi connectivity index (χ0n) is 9.74. The molecule has 1 aromatic carbocycles. The molecule has 0 radical (unpaired) electrons. The lowest BCUT2D eigenvalue weighted by atomic mass is 10.1. The summed E-state index contributed by atoms with van der Waals surface area (Å²) >= 11 is 5.50. The summed E-state index contributed by atoms with van der Waals surface area (Å²) < 4.78 is 1.16. The summed E-state index contributed by atoms with van der Waals surface area (Å²) in [5.74, 6) is 0.763. The van der Waals surface area contributed by atoms with Gasteiger partial charge in [0.2, 0.25) is 0 Å². The van der Waals surface area contributed by atoms with Crippen molar-refractivity contribution < 1.29 is 0 Å². The minimum Gasteiger partial charge on any atom is -0.317 e. The van der Waals surface area contributed by atoms with E-state index in [2.05, 4.69) is 59.5 Å². The molecule has 1 fully saturated rings. The van der Waals surface area contributed by atoms with E-state index in [1.54, 1.807) is 0 Å². The van der Waals surface area contributed by atoms with E-state index < -0.39 is 0 Å². The monoisotopic (exact) mass is 299 g/mol. The van der Waals surface area contributed by atoms with Gasteiger partial charge in [0, 0.05) is 20.7 Å². The Bertz CT molecular complexity index is 338. The smallest absolute Gasteiger partial charge is 0.0176 e. The average molecular weight is 300 g/mol. The van der Waals surface area contributed by atoms with Crippen LogP contribution in [0.4, 0.5) is 0 Å². The van der Waals surface area contributed by atoms with Gasteiger partial charge in [-0.3, -0.25) is 0 Å². The standard InChI is InChI=1S/C13H18BrNS/c1-9-12(15-2)7-8-13(9)16-11-5-3-10(14)4-6-11/h3-6,9,12-13,15H,7-8H2,1-2H3. The van der Waals surface area contributed by atoms with Gasteiger partial charge in [-0.2, -0.15) is 0 Å². The molecule has 88 valence electrons. The Kier molecular flexibility index (Phi) is 4.34. The predicted molar refractivity (Wildman–Crippen MR) is 75.0 cm³/mol. The molecule has 3 atom stereocenters. The van der Waals surface area contributed by atoms with E-state index in [0.717, 1.165) is 15.6 Å². The average Bonchev–Trinajstić information content (AvgIpc) is 2.63. The SMILES string of the molecule is CNC1CCC(Sc2ccc(Br)cc2)C1C. The van der Waals surface area contributed by atoms with Gasteiger partial charge in [-0.15, -0.1) is 11.8 Å². The maximum Gasteiger partial charge on any atom is 0.0176 e. The van der Waals surface area contributed by atoms with Crippen LogP contribution in [0.2, 0.25) is 0 Å². The van der Waals surface area contributed by atoms with Crippen LogP contribution >= 0.6 is 27.7 Å². The molecule has 0 saturated heterocycles. The number of hydrogen-bond donors (Lipinski definition) is 1. The van der Waals surface area contributed by atoms with Crippen LogP contribution in [0.5, 0.6) is 0 Å². The largest absolute Gasteiger partial charge is 0.317 e. The fraction of sp³-hybridized carbons (Fsp3) is 0.538. The van der Waals surface area contributed by atoms with Crippen molar-refractivity contribution in [2.75, 3.05) is 7.05 Å². The van der Waals surface area contributed by atoms with Crippen molar-refractivity contribution >= 4 is 27.7 Å². The molecule has 0 aliphatic heterocycles. The summed E-state index contributed by atoms with van der Waals surface area (Å²) in [6, 6.07) is 9.35.